The van der Waals surface area contributed by atoms with Crippen LogP contribution in [-0.4, -0.2) is 31.1 Å². The quantitative estimate of drug-likeness (QED) is 0.721. The molecule has 4 heteroatoms. The minimum Gasteiger partial charge on any atom is -0.496 e. The van der Waals surface area contributed by atoms with Gasteiger partial charge in [0.05, 0.1) is 24.8 Å². The number of fused-ring (bicyclic) bond motifs is 4. The van der Waals surface area contributed by atoms with Gasteiger partial charge < -0.3 is 9.47 Å². The van der Waals surface area contributed by atoms with E-state index in [0.29, 0.717) is 24.5 Å². The lowest BCUT2D eigenvalue weighted by Gasteiger charge is -2.33. The molecule has 0 aromatic heterocycles. The molecule has 0 aliphatic carbocycles. The van der Waals surface area contributed by atoms with Crippen molar-refractivity contribution in [2.45, 2.75) is 5.72 Å². The lowest BCUT2D eigenvalue weighted by atomic mass is 9.89. The molecule has 1 saturated heterocycles. The minimum atomic E-state index is -0.917. The monoisotopic (exact) mass is 331 g/mol. The molecule has 0 spiro atoms. The Hall–Kier alpha value is -2.85. The summed E-state index contributed by atoms with van der Waals surface area (Å²) in [7, 11) is 1.63. The Labute approximate surface area is 145 Å². The zero-order chi connectivity index (χ0) is 17.0. The van der Waals surface area contributed by atoms with E-state index in [1.807, 2.05) is 41.3 Å². The molecule has 1 unspecified atom stereocenters. The van der Waals surface area contributed by atoms with Crippen molar-refractivity contribution in [3.8, 4) is 5.75 Å². The SMILES string of the molecule is COc1cccc2c1C1(c3cccc4ccccc34)OCCN1C2=O. The molecule has 1 fully saturated rings. The highest BCUT2D eigenvalue weighted by molar-refractivity contribution is 6.02. The number of ether oxygens (including phenoxy) is 2. The normalized spacial score (nSPS) is 21.5. The zero-order valence-corrected chi connectivity index (χ0v) is 13.9. The van der Waals surface area contributed by atoms with Crippen LogP contribution >= 0.6 is 0 Å². The summed E-state index contributed by atoms with van der Waals surface area (Å²) >= 11 is 0. The van der Waals surface area contributed by atoms with Crippen LogP contribution in [0.1, 0.15) is 21.5 Å². The van der Waals surface area contributed by atoms with E-state index in [4.69, 9.17) is 9.47 Å². The van der Waals surface area contributed by atoms with Crippen LogP contribution in [0.5, 0.6) is 5.75 Å². The van der Waals surface area contributed by atoms with E-state index >= 15 is 0 Å². The summed E-state index contributed by atoms with van der Waals surface area (Å²) < 4.78 is 11.9. The Morgan fingerprint density at radius 2 is 1.84 bits per heavy atom. The fourth-order valence-corrected chi connectivity index (χ4v) is 4.22. The molecule has 0 bridgehead atoms. The second-order valence-corrected chi connectivity index (χ2v) is 6.36. The minimum absolute atomic E-state index is 0.000616. The summed E-state index contributed by atoms with van der Waals surface area (Å²) in [6, 6.07) is 19.9. The van der Waals surface area contributed by atoms with Gasteiger partial charge in [-0.1, -0.05) is 48.5 Å². The Morgan fingerprint density at radius 1 is 1.04 bits per heavy atom. The van der Waals surface area contributed by atoms with Gasteiger partial charge in [0.15, 0.2) is 0 Å². The zero-order valence-electron chi connectivity index (χ0n) is 13.9. The third kappa shape index (κ3) is 1.72. The van der Waals surface area contributed by atoms with Crippen molar-refractivity contribution in [2.75, 3.05) is 20.3 Å². The lowest BCUT2D eigenvalue weighted by Crippen LogP contribution is -2.40. The number of carbonyl (C=O) groups excluding carboxylic acids is 1. The van der Waals surface area contributed by atoms with Crippen LogP contribution in [0.4, 0.5) is 0 Å². The van der Waals surface area contributed by atoms with Crippen molar-refractivity contribution in [3.05, 3.63) is 77.4 Å². The Kier molecular flexibility index (Phi) is 2.94. The van der Waals surface area contributed by atoms with Crippen molar-refractivity contribution >= 4 is 16.7 Å². The number of amides is 1. The molecule has 3 aromatic rings. The molecule has 0 radical (unpaired) electrons. The van der Waals surface area contributed by atoms with Gasteiger partial charge in [-0.15, -0.1) is 0 Å². The maximum Gasteiger partial charge on any atom is 0.257 e. The van der Waals surface area contributed by atoms with Crippen LogP contribution in [0.2, 0.25) is 0 Å². The van der Waals surface area contributed by atoms with Gasteiger partial charge in [-0.3, -0.25) is 9.69 Å². The second kappa shape index (κ2) is 5.07. The van der Waals surface area contributed by atoms with E-state index < -0.39 is 5.72 Å². The fourth-order valence-electron chi connectivity index (χ4n) is 4.22. The highest BCUT2D eigenvalue weighted by Crippen LogP contribution is 2.52. The summed E-state index contributed by atoms with van der Waals surface area (Å²) in [5.74, 6) is 0.683. The standard InChI is InChI=1S/C21H17NO3/c1-24-18-11-5-9-16-19(18)21(22(20(16)23)12-13-25-21)17-10-4-7-14-6-2-3-8-15(14)17/h2-11H,12-13H2,1H3. The molecule has 3 aromatic carbocycles. The molecule has 124 valence electrons. The maximum absolute atomic E-state index is 13.1. The molecule has 0 saturated carbocycles. The summed E-state index contributed by atoms with van der Waals surface area (Å²) in [6.07, 6.45) is 0. The largest absolute Gasteiger partial charge is 0.496 e. The molecule has 1 amide bonds. The van der Waals surface area contributed by atoms with Gasteiger partial charge in [0, 0.05) is 12.1 Å². The average Bonchev–Trinajstić information content (AvgIpc) is 3.20. The smallest absolute Gasteiger partial charge is 0.257 e. The van der Waals surface area contributed by atoms with E-state index in [1.165, 1.54) is 0 Å². The fraction of sp³-hybridized carbons (Fsp3) is 0.190. The van der Waals surface area contributed by atoms with E-state index in [0.717, 1.165) is 21.9 Å². The molecule has 5 rings (SSSR count). The summed E-state index contributed by atoms with van der Waals surface area (Å²) in [5.41, 5.74) is 1.54. The highest BCUT2D eigenvalue weighted by atomic mass is 16.5. The van der Waals surface area contributed by atoms with Gasteiger partial charge >= 0.3 is 0 Å². The molecule has 2 heterocycles. The predicted molar refractivity (Wildman–Crippen MR) is 94.7 cm³/mol. The van der Waals surface area contributed by atoms with Crippen molar-refractivity contribution in [1.29, 1.82) is 0 Å². The van der Waals surface area contributed by atoms with Crippen LogP contribution in [-0.2, 0) is 10.5 Å². The number of hydrogen-bond donors (Lipinski definition) is 0. The Bertz CT molecular complexity index is 1010. The van der Waals surface area contributed by atoms with Crippen LogP contribution < -0.4 is 4.74 Å². The van der Waals surface area contributed by atoms with Gasteiger partial charge in [0.1, 0.15) is 5.75 Å². The first-order valence-electron chi connectivity index (χ1n) is 8.39. The van der Waals surface area contributed by atoms with Crippen LogP contribution in [0, 0.1) is 0 Å². The first-order valence-corrected chi connectivity index (χ1v) is 8.39. The van der Waals surface area contributed by atoms with Gasteiger partial charge in [0.2, 0.25) is 5.72 Å². The molecule has 0 N–H and O–H groups in total. The highest BCUT2D eigenvalue weighted by Gasteiger charge is 2.57. The average molecular weight is 331 g/mol. The van der Waals surface area contributed by atoms with Crippen LogP contribution in [0.3, 0.4) is 0 Å². The number of hydrogen-bond acceptors (Lipinski definition) is 3. The lowest BCUT2D eigenvalue weighted by molar-refractivity contribution is -0.0305. The van der Waals surface area contributed by atoms with Gasteiger partial charge in [-0.25, -0.2) is 0 Å². The van der Waals surface area contributed by atoms with Crippen molar-refractivity contribution < 1.29 is 14.3 Å². The predicted octanol–water partition coefficient (Wildman–Crippen LogP) is 3.54. The topological polar surface area (TPSA) is 38.8 Å². The van der Waals surface area contributed by atoms with Gasteiger partial charge in [-0.2, -0.15) is 0 Å². The number of methoxy groups -OCH3 is 1. The molecular formula is C21H17NO3. The Balaban J connectivity index is 1.90. The van der Waals surface area contributed by atoms with E-state index in [-0.39, 0.29) is 5.91 Å². The second-order valence-electron chi connectivity index (χ2n) is 6.36. The van der Waals surface area contributed by atoms with E-state index in [2.05, 4.69) is 24.3 Å². The molecule has 1 atom stereocenters. The van der Waals surface area contributed by atoms with Gasteiger partial charge in [0.25, 0.3) is 5.91 Å². The van der Waals surface area contributed by atoms with Crippen molar-refractivity contribution in [3.63, 3.8) is 0 Å². The van der Waals surface area contributed by atoms with Crippen molar-refractivity contribution in [1.82, 2.24) is 4.90 Å². The number of carbonyl (C=O) groups is 1. The van der Waals surface area contributed by atoms with Crippen molar-refractivity contribution in [2.24, 2.45) is 0 Å². The summed E-state index contributed by atoms with van der Waals surface area (Å²) in [6.45, 7) is 1.08. The maximum atomic E-state index is 13.1. The third-order valence-electron chi connectivity index (χ3n) is 5.22. The molecule has 4 nitrogen and oxygen atoms in total. The molecule has 2 aliphatic heterocycles. The van der Waals surface area contributed by atoms with Gasteiger partial charge in [-0.05, 0) is 22.9 Å². The van der Waals surface area contributed by atoms with Crippen LogP contribution in [0.15, 0.2) is 60.7 Å². The third-order valence-corrected chi connectivity index (χ3v) is 5.22. The van der Waals surface area contributed by atoms with E-state index in [9.17, 15) is 4.79 Å². The van der Waals surface area contributed by atoms with E-state index in [1.54, 1.807) is 7.11 Å². The Morgan fingerprint density at radius 3 is 2.72 bits per heavy atom. The van der Waals surface area contributed by atoms with Crippen LogP contribution in [0.25, 0.3) is 10.8 Å². The first-order chi connectivity index (χ1) is 12.3. The molecular weight excluding hydrogens is 314 g/mol. The molecule has 2 aliphatic rings. The number of nitrogens with zero attached hydrogens (tertiary/aromatic N) is 1. The molecule has 25 heavy (non-hydrogen) atoms. The summed E-state index contributed by atoms with van der Waals surface area (Å²) in [4.78, 5) is 14.9. The first kappa shape index (κ1) is 14.5. The number of rotatable bonds is 2. The number of benzene rings is 3. The summed E-state index contributed by atoms with van der Waals surface area (Å²) in [5, 5.41) is 2.21.